The fraction of sp³-hybridized carbons (Fsp3) is 0.600. The molecule has 188 valence electrons. The van der Waals surface area contributed by atoms with Crippen molar-refractivity contribution in [3.63, 3.8) is 0 Å². The normalized spacial score (nSPS) is 20.3. The van der Waals surface area contributed by atoms with Crippen LogP contribution in [-0.2, 0) is 30.4 Å². The molecule has 0 aromatic heterocycles. The number of hydrogen-bond donors (Lipinski definition) is 1. The van der Waals surface area contributed by atoms with Crippen LogP contribution >= 0.6 is 0 Å². The summed E-state index contributed by atoms with van der Waals surface area (Å²) >= 11 is 0. The van der Waals surface area contributed by atoms with Gasteiger partial charge in [-0.15, -0.1) is 0 Å². The first-order chi connectivity index (χ1) is 15.7. The summed E-state index contributed by atoms with van der Waals surface area (Å²) in [5, 5.41) is 2.64. The number of ether oxygens (including phenoxy) is 3. The largest absolute Gasteiger partial charge is 0.458 e. The van der Waals surface area contributed by atoms with E-state index in [9.17, 15) is 19.2 Å². The maximum atomic E-state index is 13.3. The topological polar surface area (TPSA) is 111 Å². The fourth-order valence-corrected chi connectivity index (χ4v) is 3.67. The summed E-state index contributed by atoms with van der Waals surface area (Å²) in [5.41, 5.74) is -2.32. The molecule has 2 atom stereocenters. The molecule has 1 N–H and O–H groups in total. The lowest BCUT2D eigenvalue weighted by Crippen LogP contribution is -2.76. The second-order valence-corrected chi connectivity index (χ2v) is 10.4. The average molecular weight is 477 g/mol. The minimum absolute atomic E-state index is 0.104. The molecule has 1 heterocycles. The van der Waals surface area contributed by atoms with Gasteiger partial charge in [-0.25, -0.2) is 19.3 Å². The molecule has 1 aromatic rings. The van der Waals surface area contributed by atoms with Gasteiger partial charge in [0.25, 0.3) is 0 Å². The predicted molar refractivity (Wildman–Crippen MR) is 125 cm³/mol. The van der Waals surface area contributed by atoms with Crippen LogP contribution in [0.4, 0.5) is 9.59 Å². The van der Waals surface area contributed by atoms with E-state index in [1.165, 1.54) is 0 Å². The molecule has 1 saturated heterocycles. The number of likely N-dealkylation sites (tertiary alicyclic amines) is 1. The number of nitrogens with zero attached hydrogens (tertiary/aromatic N) is 1. The van der Waals surface area contributed by atoms with Crippen molar-refractivity contribution in [2.75, 3.05) is 6.54 Å². The highest BCUT2D eigenvalue weighted by molar-refractivity contribution is 6.09. The van der Waals surface area contributed by atoms with Gasteiger partial charge < -0.3 is 19.5 Å². The van der Waals surface area contributed by atoms with E-state index in [2.05, 4.69) is 5.32 Å². The molecule has 1 aliphatic heterocycles. The van der Waals surface area contributed by atoms with E-state index in [0.29, 0.717) is 6.42 Å². The summed E-state index contributed by atoms with van der Waals surface area (Å²) in [7, 11) is 0. The minimum Gasteiger partial charge on any atom is -0.458 e. The minimum atomic E-state index is -1.51. The van der Waals surface area contributed by atoms with Crippen LogP contribution in [0, 0.1) is 5.92 Å². The second-order valence-electron chi connectivity index (χ2n) is 10.4. The predicted octanol–water partition coefficient (Wildman–Crippen LogP) is 4.19. The summed E-state index contributed by atoms with van der Waals surface area (Å²) in [6, 6.07) is 9.27. The van der Waals surface area contributed by atoms with Crippen LogP contribution in [0.3, 0.4) is 0 Å². The van der Waals surface area contributed by atoms with Gasteiger partial charge in [-0.05, 0) is 59.9 Å². The van der Waals surface area contributed by atoms with Gasteiger partial charge in [-0.2, -0.15) is 0 Å². The Morgan fingerprint density at radius 1 is 1.00 bits per heavy atom. The summed E-state index contributed by atoms with van der Waals surface area (Å²) in [5.74, 6) is -1.96. The number of rotatable bonds is 7. The quantitative estimate of drug-likeness (QED) is 0.272. The van der Waals surface area contributed by atoms with E-state index < -0.39 is 46.7 Å². The first kappa shape index (κ1) is 27.1. The molecule has 3 amide bonds. The van der Waals surface area contributed by atoms with E-state index in [-0.39, 0.29) is 19.6 Å². The van der Waals surface area contributed by atoms with E-state index in [0.717, 1.165) is 10.5 Å². The van der Waals surface area contributed by atoms with Crippen molar-refractivity contribution in [3.8, 4) is 0 Å². The molecule has 2 rings (SSSR count). The Hall–Kier alpha value is -3.10. The fourth-order valence-electron chi connectivity index (χ4n) is 3.67. The Kier molecular flexibility index (Phi) is 8.34. The van der Waals surface area contributed by atoms with Gasteiger partial charge in [0.1, 0.15) is 17.8 Å². The third kappa shape index (κ3) is 6.71. The molecule has 0 spiro atoms. The monoisotopic (exact) mass is 476 g/mol. The number of β-lactam (4-membered cyclic amide) rings is 1. The number of alkyl carbamates (subject to hydrolysis) is 1. The Morgan fingerprint density at radius 3 is 2.15 bits per heavy atom. The van der Waals surface area contributed by atoms with Crippen LogP contribution in [0.1, 0.15) is 66.9 Å². The number of amides is 3. The van der Waals surface area contributed by atoms with Gasteiger partial charge in [0, 0.05) is 6.54 Å². The van der Waals surface area contributed by atoms with Crippen LogP contribution < -0.4 is 5.32 Å². The average Bonchev–Trinajstić information content (AvgIpc) is 2.71. The summed E-state index contributed by atoms with van der Waals surface area (Å²) in [6.45, 7) is 12.1. The molecule has 1 fully saturated rings. The number of imide groups is 1. The van der Waals surface area contributed by atoms with Crippen molar-refractivity contribution in [2.24, 2.45) is 5.92 Å². The number of carbonyl (C=O) groups is 4. The number of hydrogen-bond acceptors (Lipinski definition) is 7. The lowest BCUT2D eigenvalue weighted by atomic mass is 9.71. The lowest BCUT2D eigenvalue weighted by Gasteiger charge is -2.53. The highest BCUT2D eigenvalue weighted by Crippen LogP contribution is 2.44. The van der Waals surface area contributed by atoms with Crippen LogP contribution in [0.2, 0.25) is 0 Å². The summed E-state index contributed by atoms with van der Waals surface area (Å²) < 4.78 is 16.2. The first-order valence-electron chi connectivity index (χ1n) is 11.4. The van der Waals surface area contributed by atoms with Crippen molar-refractivity contribution in [1.29, 1.82) is 0 Å². The van der Waals surface area contributed by atoms with E-state index in [1.807, 2.05) is 30.3 Å². The van der Waals surface area contributed by atoms with Crippen LogP contribution in [-0.4, -0.2) is 52.2 Å². The number of esters is 1. The lowest BCUT2D eigenvalue weighted by molar-refractivity contribution is -0.195. The highest BCUT2D eigenvalue weighted by atomic mass is 16.6. The van der Waals surface area contributed by atoms with Crippen LogP contribution in [0.25, 0.3) is 0 Å². The molecule has 34 heavy (non-hydrogen) atoms. The molecule has 0 aliphatic carbocycles. The van der Waals surface area contributed by atoms with E-state index >= 15 is 0 Å². The van der Waals surface area contributed by atoms with E-state index in [1.54, 1.807) is 48.5 Å². The van der Waals surface area contributed by atoms with Gasteiger partial charge in [-0.1, -0.05) is 37.3 Å². The number of nitrogens with one attached hydrogen (secondary N) is 1. The zero-order valence-corrected chi connectivity index (χ0v) is 21.1. The Labute approximate surface area is 201 Å². The van der Waals surface area contributed by atoms with Crippen molar-refractivity contribution in [1.82, 2.24) is 10.2 Å². The van der Waals surface area contributed by atoms with Crippen molar-refractivity contribution in [2.45, 2.75) is 84.7 Å². The molecule has 0 saturated carbocycles. The molecule has 9 heteroatoms. The zero-order chi connectivity index (χ0) is 25.7. The molecule has 0 bridgehead atoms. The van der Waals surface area contributed by atoms with Gasteiger partial charge in [0.05, 0.1) is 5.92 Å². The second kappa shape index (κ2) is 10.4. The molecule has 1 aromatic carbocycles. The van der Waals surface area contributed by atoms with Crippen molar-refractivity contribution >= 4 is 24.1 Å². The van der Waals surface area contributed by atoms with Gasteiger partial charge in [-0.3, -0.25) is 4.79 Å². The Balaban J connectivity index is 2.07. The van der Waals surface area contributed by atoms with Crippen molar-refractivity contribution < 1.29 is 33.4 Å². The highest BCUT2D eigenvalue weighted by Gasteiger charge is 2.67. The third-order valence-corrected chi connectivity index (χ3v) is 5.25. The molecular formula is C25H36N2O7. The van der Waals surface area contributed by atoms with Gasteiger partial charge >= 0.3 is 18.2 Å². The third-order valence-electron chi connectivity index (χ3n) is 5.25. The molecule has 0 radical (unpaired) electrons. The van der Waals surface area contributed by atoms with Gasteiger partial charge in [0.15, 0.2) is 5.54 Å². The number of benzene rings is 1. The maximum Gasteiger partial charge on any atom is 0.418 e. The standard InChI is InChI=1S/C25H36N2O7/c1-17-19(28)27(22(31)34-24(5,6)7)25(17,20(29)33-23(2,3)4)14-11-15-26-21(30)32-16-18-12-9-8-10-13-18/h8-10,12-13,17H,11,14-16H2,1-7H3,(H,26,30)/t17?,25-/m0/s1. The zero-order valence-electron chi connectivity index (χ0n) is 21.1. The maximum absolute atomic E-state index is 13.3. The number of carbonyl (C=O) groups excluding carboxylic acids is 4. The summed E-state index contributed by atoms with van der Waals surface area (Å²) in [4.78, 5) is 51.6. The SMILES string of the molecule is CC1C(=O)N(C(=O)OC(C)(C)C)[C@]1(CCCNC(=O)OCc1ccccc1)C(=O)OC(C)(C)C. The van der Waals surface area contributed by atoms with Crippen LogP contribution in [0.15, 0.2) is 30.3 Å². The van der Waals surface area contributed by atoms with Crippen molar-refractivity contribution in [3.05, 3.63) is 35.9 Å². The molecule has 1 aliphatic rings. The first-order valence-corrected chi connectivity index (χ1v) is 11.4. The smallest absolute Gasteiger partial charge is 0.418 e. The van der Waals surface area contributed by atoms with Crippen LogP contribution in [0.5, 0.6) is 0 Å². The Bertz CT molecular complexity index is 902. The van der Waals surface area contributed by atoms with E-state index in [4.69, 9.17) is 14.2 Å². The molecular weight excluding hydrogens is 440 g/mol. The molecule has 9 nitrogen and oxygen atoms in total. The summed E-state index contributed by atoms with van der Waals surface area (Å²) in [6.07, 6.45) is -1.09. The molecule has 1 unspecified atom stereocenters. The van der Waals surface area contributed by atoms with Gasteiger partial charge in [0.2, 0.25) is 5.91 Å². The Morgan fingerprint density at radius 2 is 1.59 bits per heavy atom.